The lowest BCUT2D eigenvalue weighted by molar-refractivity contribution is 0.1000. The molecule has 1 heterocycles. The number of carbonyl (C=O) groups excluding carboxylic acids is 1. The van der Waals surface area contributed by atoms with Gasteiger partial charge in [0.15, 0.2) is 0 Å². The van der Waals surface area contributed by atoms with Crippen molar-refractivity contribution in [3.63, 3.8) is 0 Å². The lowest BCUT2D eigenvalue weighted by Gasteiger charge is -2.36. The second kappa shape index (κ2) is 6.62. The molecule has 1 saturated heterocycles. The minimum atomic E-state index is -0.365. The number of hydrogen-bond acceptors (Lipinski definition) is 3. The molecule has 0 aromatic heterocycles. The molecule has 2 N–H and O–H groups in total. The molecule has 0 radical (unpaired) electrons. The summed E-state index contributed by atoms with van der Waals surface area (Å²) in [6.45, 7) is 4.97. The molecule has 0 aliphatic carbocycles. The Labute approximate surface area is 131 Å². The van der Waals surface area contributed by atoms with Gasteiger partial charge < -0.3 is 10.6 Å². The number of nitrogens with zero attached hydrogens (tertiary/aromatic N) is 2. The standard InChI is InChI=1S/C18H21N3O/c19-18(22)16-6-4-5-15(13-16)14-20-9-11-21(12-10-20)17-7-2-1-3-8-17/h1-8,13H,9-12,14H2,(H2,19,22). The number of para-hydroxylation sites is 1. The second-order valence-electron chi connectivity index (χ2n) is 5.66. The molecule has 2 aromatic carbocycles. The molecule has 0 unspecified atom stereocenters. The maximum absolute atomic E-state index is 11.2. The van der Waals surface area contributed by atoms with Crippen LogP contribution >= 0.6 is 0 Å². The summed E-state index contributed by atoms with van der Waals surface area (Å²) in [5, 5.41) is 0. The first-order valence-corrected chi connectivity index (χ1v) is 7.63. The van der Waals surface area contributed by atoms with Crippen LogP contribution in [0.25, 0.3) is 0 Å². The van der Waals surface area contributed by atoms with Gasteiger partial charge in [0, 0.05) is 44.0 Å². The van der Waals surface area contributed by atoms with Gasteiger partial charge in [-0.25, -0.2) is 0 Å². The van der Waals surface area contributed by atoms with Crippen molar-refractivity contribution in [1.29, 1.82) is 0 Å². The van der Waals surface area contributed by atoms with Crippen LogP contribution in [0.2, 0.25) is 0 Å². The second-order valence-corrected chi connectivity index (χ2v) is 5.66. The number of carbonyl (C=O) groups is 1. The largest absolute Gasteiger partial charge is 0.369 e. The summed E-state index contributed by atoms with van der Waals surface area (Å²) in [7, 11) is 0. The number of rotatable bonds is 4. The van der Waals surface area contributed by atoms with E-state index in [-0.39, 0.29) is 5.91 Å². The Hall–Kier alpha value is -2.33. The molecule has 22 heavy (non-hydrogen) atoms. The number of amides is 1. The van der Waals surface area contributed by atoms with Crippen LogP contribution in [0.1, 0.15) is 15.9 Å². The fourth-order valence-corrected chi connectivity index (χ4v) is 2.88. The molecule has 3 rings (SSSR count). The highest BCUT2D eigenvalue weighted by molar-refractivity contribution is 5.92. The predicted molar refractivity (Wildman–Crippen MR) is 88.9 cm³/mol. The first-order valence-electron chi connectivity index (χ1n) is 7.63. The highest BCUT2D eigenvalue weighted by atomic mass is 16.1. The Morgan fingerprint density at radius 3 is 2.36 bits per heavy atom. The Bertz CT molecular complexity index is 634. The minimum Gasteiger partial charge on any atom is -0.369 e. The number of hydrogen-bond donors (Lipinski definition) is 1. The van der Waals surface area contributed by atoms with Gasteiger partial charge in [0.1, 0.15) is 0 Å². The van der Waals surface area contributed by atoms with Crippen LogP contribution < -0.4 is 10.6 Å². The Morgan fingerprint density at radius 1 is 0.955 bits per heavy atom. The summed E-state index contributed by atoms with van der Waals surface area (Å²) >= 11 is 0. The summed E-state index contributed by atoms with van der Waals surface area (Å²) in [6.07, 6.45) is 0. The van der Waals surface area contributed by atoms with Crippen LogP contribution in [0.4, 0.5) is 5.69 Å². The van der Waals surface area contributed by atoms with E-state index in [1.54, 1.807) is 6.07 Å². The zero-order chi connectivity index (χ0) is 15.4. The number of piperazine rings is 1. The van der Waals surface area contributed by atoms with Gasteiger partial charge in [0.2, 0.25) is 5.91 Å². The molecule has 2 aromatic rings. The van der Waals surface area contributed by atoms with Crippen molar-refractivity contribution >= 4 is 11.6 Å². The van der Waals surface area contributed by atoms with Crippen LogP contribution in [0.3, 0.4) is 0 Å². The normalized spacial score (nSPS) is 15.7. The molecule has 1 amide bonds. The smallest absolute Gasteiger partial charge is 0.248 e. The molecular formula is C18H21N3O. The van der Waals surface area contributed by atoms with E-state index in [1.807, 2.05) is 18.2 Å². The van der Waals surface area contributed by atoms with Crippen LogP contribution in [0, 0.1) is 0 Å². The third-order valence-electron chi connectivity index (χ3n) is 4.11. The van der Waals surface area contributed by atoms with E-state index in [4.69, 9.17) is 5.73 Å². The first kappa shape index (κ1) is 14.6. The topological polar surface area (TPSA) is 49.6 Å². The van der Waals surface area contributed by atoms with E-state index in [9.17, 15) is 4.79 Å². The van der Waals surface area contributed by atoms with Crippen LogP contribution in [-0.2, 0) is 6.54 Å². The van der Waals surface area contributed by atoms with Gasteiger partial charge >= 0.3 is 0 Å². The van der Waals surface area contributed by atoms with Gasteiger partial charge in [-0.2, -0.15) is 0 Å². The highest BCUT2D eigenvalue weighted by Crippen LogP contribution is 2.17. The Kier molecular flexibility index (Phi) is 4.39. The summed E-state index contributed by atoms with van der Waals surface area (Å²) in [4.78, 5) is 16.1. The van der Waals surface area contributed by atoms with Gasteiger partial charge in [0.05, 0.1) is 0 Å². The monoisotopic (exact) mass is 295 g/mol. The van der Waals surface area contributed by atoms with E-state index < -0.39 is 0 Å². The maximum Gasteiger partial charge on any atom is 0.248 e. The number of nitrogens with two attached hydrogens (primary N) is 1. The number of benzene rings is 2. The lowest BCUT2D eigenvalue weighted by Crippen LogP contribution is -2.45. The number of anilines is 1. The molecule has 0 bridgehead atoms. The molecule has 0 atom stereocenters. The molecule has 4 heteroatoms. The summed E-state index contributed by atoms with van der Waals surface area (Å²) in [5.41, 5.74) is 8.36. The third kappa shape index (κ3) is 3.46. The molecule has 1 aliphatic heterocycles. The molecule has 1 fully saturated rings. The van der Waals surface area contributed by atoms with Gasteiger partial charge in [-0.3, -0.25) is 9.69 Å². The van der Waals surface area contributed by atoms with Crippen molar-refractivity contribution in [2.75, 3.05) is 31.1 Å². The van der Waals surface area contributed by atoms with Crippen LogP contribution in [0.5, 0.6) is 0 Å². The Morgan fingerprint density at radius 2 is 1.68 bits per heavy atom. The average molecular weight is 295 g/mol. The third-order valence-corrected chi connectivity index (χ3v) is 4.11. The van der Waals surface area contributed by atoms with Crippen molar-refractivity contribution in [3.8, 4) is 0 Å². The van der Waals surface area contributed by atoms with Crippen molar-refractivity contribution < 1.29 is 4.79 Å². The van der Waals surface area contributed by atoms with Crippen LogP contribution in [-0.4, -0.2) is 37.0 Å². The zero-order valence-corrected chi connectivity index (χ0v) is 12.6. The molecular weight excluding hydrogens is 274 g/mol. The van der Waals surface area contributed by atoms with E-state index in [0.29, 0.717) is 5.56 Å². The Balaban J connectivity index is 1.58. The zero-order valence-electron chi connectivity index (χ0n) is 12.6. The van der Waals surface area contributed by atoms with E-state index in [0.717, 1.165) is 38.3 Å². The SMILES string of the molecule is NC(=O)c1cccc(CN2CCN(c3ccccc3)CC2)c1. The van der Waals surface area contributed by atoms with Gasteiger partial charge in [0.25, 0.3) is 0 Å². The summed E-state index contributed by atoms with van der Waals surface area (Å²) in [6, 6.07) is 18.1. The highest BCUT2D eigenvalue weighted by Gasteiger charge is 2.17. The van der Waals surface area contributed by atoms with Gasteiger partial charge in [-0.15, -0.1) is 0 Å². The van der Waals surface area contributed by atoms with Crippen molar-refractivity contribution in [2.24, 2.45) is 5.73 Å². The minimum absolute atomic E-state index is 0.365. The summed E-state index contributed by atoms with van der Waals surface area (Å²) < 4.78 is 0. The van der Waals surface area contributed by atoms with Crippen molar-refractivity contribution in [2.45, 2.75) is 6.54 Å². The predicted octanol–water partition coefficient (Wildman–Crippen LogP) is 2.11. The molecule has 0 saturated carbocycles. The van der Waals surface area contributed by atoms with E-state index in [2.05, 4.69) is 40.1 Å². The first-order chi connectivity index (χ1) is 10.7. The van der Waals surface area contributed by atoms with E-state index >= 15 is 0 Å². The van der Waals surface area contributed by atoms with Crippen molar-refractivity contribution in [3.05, 3.63) is 65.7 Å². The fourth-order valence-electron chi connectivity index (χ4n) is 2.88. The van der Waals surface area contributed by atoms with Gasteiger partial charge in [-0.05, 0) is 29.8 Å². The summed E-state index contributed by atoms with van der Waals surface area (Å²) in [5.74, 6) is -0.365. The quantitative estimate of drug-likeness (QED) is 0.940. The fraction of sp³-hybridized carbons (Fsp3) is 0.278. The average Bonchev–Trinajstić information content (AvgIpc) is 2.56. The van der Waals surface area contributed by atoms with Crippen LogP contribution in [0.15, 0.2) is 54.6 Å². The van der Waals surface area contributed by atoms with Crippen molar-refractivity contribution in [1.82, 2.24) is 4.90 Å². The molecule has 0 spiro atoms. The molecule has 4 nitrogen and oxygen atoms in total. The van der Waals surface area contributed by atoms with Gasteiger partial charge in [-0.1, -0.05) is 30.3 Å². The maximum atomic E-state index is 11.2. The molecule has 1 aliphatic rings. The molecule has 114 valence electrons. The lowest BCUT2D eigenvalue weighted by atomic mass is 10.1. The number of primary amides is 1. The van der Waals surface area contributed by atoms with E-state index in [1.165, 1.54) is 5.69 Å².